The van der Waals surface area contributed by atoms with E-state index in [-0.39, 0.29) is 17.8 Å². The lowest BCUT2D eigenvalue weighted by Gasteiger charge is -2.12. The monoisotopic (exact) mass is 443 g/mol. The van der Waals surface area contributed by atoms with Crippen molar-refractivity contribution in [2.45, 2.75) is 19.9 Å². The molecule has 2 heterocycles. The maximum atomic E-state index is 13.0. The van der Waals surface area contributed by atoms with Crippen LogP contribution in [0, 0.1) is 5.82 Å². The predicted molar refractivity (Wildman–Crippen MR) is 127 cm³/mol. The topological polar surface area (TPSA) is 96.0 Å². The van der Waals surface area contributed by atoms with Crippen LogP contribution >= 0.6 is 0 Å². The highest BCUT2D eigenvalue weighted by atomic mass is 19.1. The Hall–Kier alpha value is -4.33. The molecule has 4 rings (SSSR count). The Kier molecular flexibility index (Phi) is 6.26. The van der Waals surface area contributed by atoms with Gasteiger partial charge in [-0.2, -0.15) is 0 Å². The molecule has 0 aliphatic carbocycles. The van der Waals surface area contributed by atoms with Gasteiger partial charge in [0.15, 0.2) is 0 Å². The van der Waals surface area contributed by atoms with E-state index in [1.54, 1.807) is 30.5 Å². The Bertz CT molecular complexity index is 1300. The minimum atomic E-state index is -0.447. The molecule has 3 N–H and O–H groups in total. The van der Waals surface area contributed by atoms with E-state index in [1.807, 2.05) is 32.0 Å². The number of carbonyl (C=O) groups is 2. The molecule has 2 aromatic carbocycles. The molecule has 0 bridgehead atoms. The molecule has 0 saturated carbocycles. The fourth-order valence-corrected chi connectivity index (χ4v) is 3.27. The number of halogens is 1. The minimum Gasteiger partial charge on any atom is -0.350 e. The zero-order valence-corrected chi connectivity index (χ0v) is 18.1. The van der Waals surface area contributed by atoms with E-state index in [4.69, 9.17) is 0 Å². The van der Waals surface area contributed by atoms with Gasteiger partial charge in [0.2, 0.25) is 0 Å². The molecule has 2 aromatic heterocycles. The Morgan fingerprint density at radius 3 is 2.18 bits per heavy atom. The van der Waals surface area contributed by atoms with Crippen molar-refractivity contribution in [2.24, 2.45) is 0 Å². The van der Waals surface area contributed by atoms with Crippen LogP contribution in [0.15, 0.2) is 72.9 Å². The number of fused-ring (bicyclic) bond motifs is 1. The van der Waals surface area contributed by atoms with E-state index in [2.05, 4.69) is 25.9 Å². The lowest BCUT2D eigenvalue weighted by molar-refractivity contribution is 0.0944. The van der Waals surface area contributed by atoms with Gasteiger partial charge >= 0.3 is 6.03 Å². The fraction of sp³-hybridized carbons (Fsp3) is 0.120. The van der Waals surface area contributed by atoms with Gasteiger partial charge in [-0.3, -0.25) is 9.78 Å². The number of anilines is 2. The zero-order chi connectivity index (χ0) is 23.4. The number of pyridine rings is 2. The number of urea groups is 1. The van der Waals surface area contributed by atoms with Crippen LogP contribution in [0.25, 0.3) is 22.3 Å². The van der Waals surface area contributed by atoms with Crippen molar-refractivity contribution >= 4 is 34.3 Å². The van der Waals surface area contributed by atoms with E-state index in [9.17, 15) is 14.0 Å². The molecule has 0 atom stereocenters. The number of hydrogen-bond donors (Lipinski definition) is 3. The number of amides is 3. The first kappa shape index (κ1) is 21.9. The number of carbonyl (C=O) groups excluding carboxylic acids is 2. The average molecular weight is 443 g/mol. The third-order valence-corrected chi connectivity index (χ3v) is 4.77. The first-order valence-electron chi connectivity index (χ1n) is 10.4. The molecule has 0 aliphatic heterocycles. The van der Waals surface area contributed by atoms with Crippen molar-refractivity contribution in [3.63, 3.8) is 0 Å². The number of benzene rings is 2. The lowest BCUT2D eigenvalue weighted by Crippen LogP contribution is -2.30. The van der Waals surface area contributed by atoms with Gasteiger partial charge in [0.1, 0.15) is 11.3 Å². The molecule has 0 aliphatic rings. The van der Waals surface area contributed by atoms with Crippen LogP contribution in [0.1, 0.15) is 24.2 Å². The molecule has 0 radical (unpaired) electrons. The number of nitrogens with zero attached hydrogens (tertiary/aromatic N) is 2. The molecule has 4 aromatic rings. The summed E-state index contributed by atoms with van der Waals surface area (Å²) >= 11 is 0. The molecule has 0 unspecified atom stereocenters. The summed E-state index contributed by atoms with van der Waals surface area (Å²) in [5, 5.41) is 8.27. The lowest BCUT2D eigenvalue weighted by atomic mass is 10.1. The number of hydrogen-bond acceptors (Lipinski definition) is 4. The Morgan fingerprint density at radius 1 is 0.909 bits per heavy atom. The fourth-order valence-electron chi connectivity index (χ4n) is 3.27. The largest absolute Gasteiger partial charge is 0.350 e. The number of rotatable bonds is 5. The normalized spacial score (nSPS) is 10.8. The highest BCUT2D eigenvalue weighted by Gasteiger charge is 2.16. The molecule has 0 saturated heterocycles. The molecule has 0 spiro atoms. The van der Waals surface area contributed by atoms with Crippen molar-refractivity contribution in [3.05, 3.63) is 84.3 Å². The Morgan fingerprint density at radius 2 is 1.55 bits per heavy atom. The van der Waals surface area contributed by atoms with E-state index < -0.39 is 6.03 Å². The second-order valence-corrected chi connectivity index (χ2v) is 7.72. The number of aromatic nitrogens is 2. The van der Waals surface area contributed by atoms with Crippen molar-refractivity contribution < 1.29 is 14.0 Å². The van der Waals surface area contributed by atoms with E-state index in [1.165, 1.54) is 24.3 Å². The van der Waals surface area contributed by atoms with Gasteiger partial charge in [-0.1, -0.05) is 12.1 Å². The van der Waals surface area contributed by atoms with Crippen LogP contribution in [-0.4, -0.2) is 27.9 Å². The molecule has 7 nitrogen and oxygen atoms in total. The first-order valence-corrected chi connectivity index (χ1v) is 10.4. The summed E-state index contributed by atoms with van der Waals surface area (Å²) in [5.41, 5.74) is 4.05. The molecular weight excluding hydrogens is 421 g/mol. The summed E-state index contributed by atoms with van der Waals surface area (Å²) in [7, 11) is 0. The predicted octanol–water partition coefficient (Wildman–Crippen LogP) is 5.22. The molecule has 166 valence electrons. The van der Waals surface area contributed by atoms with E-state index >= 15 is 0 Å². The van der Waals surface area contributed by atoms with Crippen molar-refractivity contribution in [1.82, 2.24) is 15.3 Å². The standard InChI is InChI=1S/C25H22FN5O2/c1-15(2)28-24(32)20-14-22(31-21-4-3-13-27-23(20)21)16-5-9-18(10-6-16)29-25(33)30-19-11-7-17(26)8-12-19/h3-15H,1-2H3,(H,28,32)(H2,29,30,33). The highest BCUT2D eigenvalue weighted by Crippen LogP contribution is 2.25. The van der Waals surface area contributed by atoms with Crippen LogP contribution in [0.5, 0.6) is 0 Å². The SMILES string of the molecule is CC(C)NC(=O)c1cc(-c2ccc(NC(=O)Nc3ccc(F)cc3)cc2)nc2cccnc12. The molecule has 3 amide bonds. The Labute approximate surface area is 190 Å². The van der Waals surface area contributed by atoms with E-state index in [0.717, 1.165) is 5.56 Å². The smallest absolute Gasteiger partial charge is 0.323 e. The van der Waals surface area contributed by atoms with Gasteiger partial charge in [-0.15, -0.1) is 0 Å². The highest BCUT2D eigenvalue weighted by molar-refractivity contribution is 6.06. The van der Waals surface area contributed by atoms with Gasteiger partial charge in [-0.25, -0.2) is 14.2 Å². The first-order chi connectivity index (χ1) is 15.9. The summed E-state index contributed by atoms with van der Waals surface area (Å²) in [6.07, 6.45) is 1.63. The summed E-state index contributed by atoms with van der Waals surface area (Å²) in [5.74, 6) is -0.590. The maximum absolute atomic E-state index is 13.0. The van der Waals surface area contributed by atoms with Crippen LogP contribution in [0.3, 0.4) is 0 Å². The van der Waals surface area contributed by atoms with Gasteiger partial charge in [0.05, 0.1) is 16.8 Å². The van der Waals surface area contributed by atoms with Crippen molar-refractivity contribution in [3.8, 4) is 11.3 Å². The summed E-state index contributed by atoms with van der Waals surface area (Å²) in [6, 6.07) is 17.4. The molecular formula is C25H22FN5O2. The quantitative estimate of drug-likeness (QED) is 0.394. The minimum absolute atomic E-state index is 0.0145. The average Bonchev–Trinajstić information content (AvgIpc) is 2.80. The third kappa shape index (κ3) is 5.30. The maximum Gasteiger partial charge on any atom is 0.323 e. The van der Waals surface area contributed by atoms with Crippen LogP contribution < -0.4 is 16.0 Å². The number of nitrogens with one attached hydrogen (secondary N) is 3. The summed E-state index contributed by atoms with van der Waals surface area (Å²) < 4.78 is 13.0. The van der Waals surface area contributed by atoms with Gasteiger partial charge in [0, 0.05) is 29.2 Å². The Balaban J connectivity index is 1.55. The van der Waals surface area contributed by atoms with Gasteiger partial charge in [0.25, 0.3) is 5.91 Å². The second-order valence-electron chi connectivity index (χ2n) is 7.72. The molecule has 8 heteroatoms. The van der Waals surface area contributed by atoms with Gasteiger partial charge < -0.3 is 16.0 Å². The molecule has 33 heavy (non-hydrogen) atoms. The second kappa shape index (κ2) is 9.44. The summed E-state index contributed by atoms with van der Waals surface area (Å²) in [6.45, 7) is 3.79. The summed E-state index contributed by atoms with van der Waals surface area (Å²) in [4.78, 5) is 33.9. The van der Waals surface area contributed by atoms with Crippen molar-refractivity contribution in [2.75, 3.05) is 10.6 Å². The third-order valence-electron chi connectivity index (χ3n) is 4.77. The van der Waals surface area contributed by atoms with Crippen molar-refractivity contribution in [1.29, 1.82) is 0 Å². The molecule has 0 fully saturated rings. The van der Waals surface area contributed by atoms with Crippen LogP contribution in [-0.2, 0) is 0 Å². The zero-order valence-electron chi connectivity index (χ0n) is 18.1. The van der Waals surface area contributed by atoms with Crippen LogP contribution in [0.2, 0.25) is 0 Å². The van der Waals surface area contributed by atoms with E-state index in [0.29, 0.717) is 33.7 Å². The van der Waals surface area contributed by atoms with Crippen LogP contribution in [0.4, 0.5) is 20.6 Å². The van der Waals surface area contributed by atoms with Gasteiger partial charge in [-0.05, 0) is 68.4 Å².